The average Bonchev–Trinajstić information content (AvgIpc) is 2.20. The molecule has 4 nitrogen and oxygen atoms in total. The maximum Gasteiger partial charge on any atom is 0.237 e. The monoisotopic (exact) mass is 214 g/mol. The molecule has 0 heterocycles. The molecule has 0 spiro atoms. The van der Waals surface area contributed by atoms with Crippen molar-refractivity contribution in [2.45, 2.75) is 57.7 Å². The van der Waals surface area contributed by atoms with Gasteiger partial charge in [-0.3, -0.25) is 4.79 Å². The number of carbonyl (C=O) groups excluding carboxylic acids is 1. The smallest absolute Gasteiger partial charge is 0.237 e. The van der Waals surface area contributed by atoms with E-state index < -0.39 is 12.1 Å². The van der Waals surface area contributed by atoms with Crippen LogP contribution in [0.1, 0.15) is 39.5 Å². The molecule has 1 aliphatic carbocycles. The summed E-state index contributed by atoms with van der Waals surface area (Å²) in [4.78, 5) is 11.7. The van der Waals surface area contributed by atoms with Crippen molar-refractivity contribution < 1.29 is 9.90 Å². The van der Waals surface area contributed by atoms with E-state index in [2.05, 4.69) is 5.32 Å². The lowest BCUT2D eigenvalue weighted by molar-refractivity contribution is -0.125. The van der Waals surface area contributed by atoms with Crippen molar-refractivity contribution in [2.24, 2.45) is 11.7 Å². The lowest BCUT2D eigenvalue weighted by atomic mass is 9.92. The lowest BCUT2D eigenvalue weighted by Gasteiger charge is -2.29. The maximum atomic E-state index is 11.7. The minimum Gasteiger partial charge on any atom is -0.391 e. The van der Waals surface area contributed by atoms with Crippen LogP contribution in [0.4, 0.5) is 0 Å². The number of nitrogens with two attached hydrogens (primary N) is 1. The number of nitrogens with one attached hydrogen (secondary N) is 1. The standard InChI is InChI=1S/C11H22N2O2/c1-7(2)10(12)11(15)13-8-5-3-4-6-9(8)14/h7-10,14H,3-6,12H2,1-2H3,(H,13,15)/t8-,9-,10-/m0/s1. The van der Waals surface area contributed by atoms with E-state index >= 15 is 0 Å². The first kappa shape index (κ1) is 12.5. The molecule has 1 saturated carbocycles. The van der Waals surface area contributed by atoms with Gasteiger partial charge in [0.2, 0.25) is 5.91 Å². The third-order valence-corrected chi connectivity index (χ3v) is 3.08. The summed E-state index contributed by atoms with van der Waals surface area (Å²) in [6, 6.07) is -0.574. The zero-order valence-electron chi connectivity index (χ0n) is 9.57. The molecule has 0 aromatic rings. The molecule has 0 radical (unpaired) electrons. The van der Waals surface area contributed by atoms with Crippen LogP contribution < -0.4 is 11.1 Å². The van der Waals surface area contributed by atoms with Crippen LogP contribution >= 0.6 is 0 Å². The van der Waals surface area contributed by atoms with E-state index in [0.717, 1.165) is 25.7 Å². The van der Waals surface area contributed by atoms with Gasteiger partial charge in [0.05, 0.1) is 18.2 Å². The van der Waals surface area contributed by atoms with Crippen molar-refractivity contribution >= 4 is 5.91 Å². The van der Waals surface area contributed by atoms with Crippen LogP contribution in [-0.4, -0.2) is 29.2 Å². The van der Waals surface area contributed by atoms with Gasteiger partial charge >= 0.3 is 0 Å². The van der Waals surface area contributed by atoms with Crippen LogP contribution in [0.2, 0.25) is 0 Å². The first-order chi connectivity index (χ1) is 7.02. The summed E-state index contributed by atoms with van der Waals surface area (Å²) in [5.41, 5.74) is 5.73. The highest BCUT2D eigenvalue weighted by molar-refractivity contribution is 5.82. The Kier molecular flexibility index (Phi) is 4.54. The second-order valence-corrected chi connectivity index (χ2v) is 4.74. The number of aliphatic hydroxyl groups excluding tert-OH is 1. The normalized spacial score (nSPS) is 28.9. The van der Waals surface area contributed by atoms with E-state index in [1.165, 1.54) is 0 Å². The number of aliphatic hydroxyl groups is 1. The van der Waals surface area contributed by atoms with E-state index in [1.807, 2.05) is 13.8 Å². The summed E-state index contributed by atoms with van der Waals surface area (Å²) >= 11 is 0. The molecule has 0 aromatic heterocycles. The molecule has 1 aliphatic rings. The third-order valence-electron chi connectivity index (χ3n) is 3.08. The lowest BCUT2D eigenvalue weighted by Crippen LogP contribution is -2.52. The van der Waals surface area contributed by atoms with Gasteiger partial charge in [0, 0.05) is 0 Å². The Morgan fingerprint density at radius 1 is 1.40 bits per heavy atom. The number of amides is 1. The van der Waals surface area contributed by atoms with Gasteiger partial charge in [0.1, 0.15) is 0 Å². The van der Waals surface area contributed by atoms with Gasteiger partial charge in [0.25, 0.3) is 0 Å². The molecule has 15 heavy (non-hydrogen) atoms. The summed E-state index contributed by atoms with van der Waals surface area (Å²) < 4.78 is 0. The van der Waals surface area contributed by atoms with Gasteiger partial charge in [0.15, 0.2) is 0 Å². The Morgan fingerprint density at radius 2 is 2.00 bits per heavy atom. The number of carbonyl (C=O) groups is 1. The van der Waals surface area contributed by atoms with Gasteiger partial charge in [-0.15, -0.1) is 0 Å². The average molecular weight is 214 g/mol. The number of hydrogen-bond donors (Lipinski definition) is 3. The minimum absolute atomic E-state index is 0.101. The predicted octanol–water partition coefficient (Wildman–Crippen LogP) is 0.389. The maximum absolute atomic E-state index is 11.7. The zero-order chi connectivity index (χ0) is 11.4. The van der Waals surface area contributed by atoms with Gasteiger partial charge in [-0.1, -0.05) is 26.7 Å². The van der Waals surface area contributed by atoms with Crippen molar-refractivity contribution in [3.05, 3.63) is 0 Å². The molecule has 88 valence electrons. The predicted molar refractivity (Wildman–Crippen MR) is 59.2 cm³/mol. The number of rotatable bonds is 3. The molecule has 4 heteroatoms. The molecule has 0 saturated heterocycles. The van der Waals surface area contributed by atoms with Crippen LogP contribution in [0.5, 0.6) is 0 Å². The summed E-state index contributed by atoms with van der Waals surface area (Å²) in [6.45, 7) is 3.84. The molecule has 0 aliphatic heterocycles. The van der Waals surface area contributed by atoms with Gasteiger partial charge in [-0.05, 0) is 18.8 Å². The van der Waals surface area contributed by atoms with E-state index in [-0.39, 0.29) is 17.9 Å². The van der Waals surface area contributed by atoms with Crippen LogP contribution in [0.3, 0.4) is 0 Å². The zero-order valence-corrected chi connectivity index (χ0v) is 9.57. The van der Waals surface area contributed by atoms with Gasteiger partial charge in [-0.25, -0.2) is 0 Å². The molecular weight excluding hydrogens is 192 g/mol. The first-order valence-electron chi connectivity index (χ1n) is 5.76. The number of hydrogen-bond acceptors (Lipinski definition) is 3. The summed E-state index contributed by atoms with van der Waals surface area (Å²) in [7, 11) is 0. The van der Waals surface area contributed by atoms with Gasteiger partial charge in [-0.2, -0.15) is 0 Å². The molecule has 4 N–H and O–H groups in total. The summed E-state index contributed by atoms with van der Waals surface area (Å²) in [5, 5.41) is 12.5. The topological polar surface area (TPSA) is 75.4 Å². The van der Waals surface area contributed by atoms with Gasteiger partial charge < -0.3 is 16.2 Å². The first-order valence-corrected chi connectivity index (χ1v) is 5.76. The molecule has 3 atom stereocenters. The molecular formula is C11H22N2O2. The van der Waals surface area contributed by atoms with E-state index in [9.17, 15) is 9.90 Å². The summed E-state index contributed by atoms with van der Waals surface area (Å²) in [5.74, 6) is -0.0123. The Balaban J connectivity index is 2.42. The Morgan fingerprint density at radius 3 is 2.53 bits per heavy atom. The highest BCUT2D eigenvalue weighted by Gasteiger charge is 2.27. The van der Waals surface area contributed by atoms with E-state index in [4.69, 9.17) is 5.73 Å². The van der Waals surface area contributed by atoms with Crippen molar-refractivity contribution in [3.8, 4) is 0 Å². The highest BCUT2D eigenvalue weighted by atomic mass is 16.3. The fraction of sp³-hybridized carbons (Fsp3) is 0.909. The van der Waals surface area contributed by atoms with Crippen molar-refractivity contribution in [3.63, 3.8) is 0 Å². The SMILES string of the molecule is CC(C)[C@H](N)C(=O)N[C@H]1CCCC[C@@H]1O. The molecule has 0 aromatic carbocycles. The van der Waals surface area contributed by atoms with Crippen LogP contribution in [0, 0.1) is 5.92 Å². The molecule has 0 bridgehead atoms. The van der Waals surface area contributed by atoms with Crippen LogP contribution in [-0.2, 0) is 4.79 Å². The van der Waals surface area contributed by atoms with Crippen molar-refractivity contribution in [2.75, 3.05) is 0 Å². The molecule has 1 amide bonds. The van der Waals surface area contributed by atoms with E-state index in [1.54, 1.807) is 0 Å². The third kappa shape index (κ3) is 3.47. The van der Waals surface area contributed by atoms with E-state index in [0.29, 0.717) is 0 Å². The van der Waals surface area contributed by atoms with Crippen LogP contribution in [0.25, 0.3) is 0 Å². The largest absolute Gasteiger partial charge is 0.391 e. The van der Waals surface area contributed by atoms with Crippen molar-refractivity contribution in [1.29, 1.82) is 0 Å². The molecule has 1 fully saturated rings. The quantitative estimate of drug-likeness (QED) is 0.636. The molecule has 1 rings (SSSR count). The Labute approximate surface area is 91.2 Å². The fourth-order valence-electron chi connectivity index (χ4n) is 1.86. The van der Waals surface area contributed by atoms with Crippen LogP contribution in [0.15, 0.2) is 0 Å². The highest BCUT2D eigenvalue weighted by Crippen LogP contribution is 2.18. The summed E-state index contributed by atoms with van der Waals surface area (Å²) in [6.07, 6.45) is 3.35. The molecule has 0 unspecified atom stereocenters. The van der Waals surface area contributed by atoms with Crippen molar-refractivity contribution in [1.82, 2.24) is 5.32 Å². The second-order valence-electron chi connectivity index (χ2n) is 4.74. The minimum atomic E-state index is -0.473. The Bertz CT molecular complexity index is 219. The second kappa shape index (κ2) is 5.47. The Hall–Kier alpha value is -0.610. The fourth-order valence-corrected chi connectivity index (χ4v) is 1.86.